The SMILES string of the molecule is N#Cc1cc(Cl)c2sc(O)cc2c1. The molecule has 0 aliphatic heterocycles. The van der Waals surface area contributed by atoms with Crippen molar-refractivity contribution in [3.05, 3.63) is 28.8 Å². The van der Waals surface area contributed by atoms with Crippen molar-refractivity contribution in [1.82, 2.24) is 0 Å². The lowest BCUT2D eigenvalue weighted by Crippen LogP contribution is -1.73. The number of rotatable bonds is 0. The van der Waals surface area contributed by atoms with Crippen molar-refractivity contribution < 1.29 is 5.11 Å². The highest BCUT2D eigenvalue weighted by Crippen LogP contribution is 2.36. The van der Waals surface area contributed by atoms with Gasteiger partial charge in [-0.1, -0.05) is 22.9 Å². The van der Waals surface area contributed by atoms with Crippen LogP contribution in [0.15, 0.2) is 18.2 Å². The number of benzene rings is 1. The highest BCUT2D eigenvalue weighted by Gasteiger charge is 2.06. The molecule has 1 aromatic heterocycles. The molecule has 0 amide bonds. The largest absolute Gasteiger partial charge is 0.499 e. The fourth-order valence-electron chi connectivity index (χ4n) is 1.16. The number of thiophene rings is 1. The lowest BCUT2D eigenvalue weighted by atomic mass is 10.2. The molecule has 2 nitrogen and oxygen atoms in total. The standard InChI is InChI=1S/C9H4ClNOS/c10-7-2-5(4-11)1-6-3-8(12)13-9(6)7/h1-3,12H. The van der Waals surface area contributed by atoms with Crippen LogP contribution in [-0.2, 0) is 0 Å². The van der Waals surface area contributed by atoms with Crippen molar-refractivity contribution >= 4 is 33.0 Å². The first-order valence-corrected chi connectivity index (χ1v) is 4.72. The van der Waals surface area contributed by atoms with E-state index in [0.717, 1.165) is 10.1 Å². The molecule has 0 aliphatic carbocycles. The lowest BCUT2D eigenvalue weighted by molar-refractivity contribution is 0.491. The molecule has 0 unspecified atom stereocenters. The summed E-state index contributed by atoms with van der Waals surface area (Å²) in [5.41, 5.74) is 0.510. The van der Waals surface area contributed by atoms with Gasteiger partial charge in [0.25, 0.3) is 0 Å². The number of nitriles is 1. The minimum atomic E-state index is 0.215. The first kappa shape index (κ1) is 8.36. The number of fused-ring (bicyclic) bond motifs is 1. The average Bonchev–Trinajstić information content (AvgIpc) is 2.46. The van der Waals surface area contributed by atoms with E-state index in [-0.39, 0.29) is 5.06 Å². The van der Waals surface area contributed by atoms with Crippen LogP contribution in [0.1, 0.15) is 5.56 Å². The Morgan fingerprint density at radius 1 is 1.38 bits per heavy atom. The zero-order valence-corrected chi connectivity index (χ0v) is 7.99. The second kappa shape index (κ2) is 2.91. The normalized spacial score (nSPS) is 10.2. The predicted molar refractivity (Wildman–Crippen MR) is 53.2 cm³/mol. The van der Waals surface area contributed by atoms with E-state index in [1.165, 1.54) is 11.3 Å². The Morgan fingerprint density at radius 2 is 2.15 bits per heavy atom. The summed E-state index contributed by atoms with van der Waals surface area (Å²) in [6.07, 6.45) is 0. The Labute approximate surface area is 83.6 Å². The Bertz CT molecular complexity index is 512. The van der Waals surface area contributed by atoms with Crippen molar-refractivity contribution in [2.45, 2.75) is 0 Å². The summed E-state index contributed by atoms with van der Waals surface area (Å²) < 4.78 is 0.818. The first-order valence-electron chi connectivity index (χ1n) is 3.53. The van der Waals surface area contributed by atoms with Gasteiger partial charge in [0.15, 0.2) is 5.06 Å². The second-order valence-corrected chi connectivity index (χ2v) is 4.01. The van der Waals surface area contributed by atoms with E-state index < -0.39 is 0 Å². The number of aromatic hydroxyl groups is 1. The summed E-state index contributed by atoms with van der Waals surface area (Å²) in [5, 5.41) is 19.4. The fraction of sp³-hybridized carbons (Fsp3) is 0. The Hall–Kier alpha value is -1.24. The van der Waals surface area contributed by atoms with Gasteiger partial charge in [-0.25, -0.2) is 0 Å². The molecule has 0 saturated carbocycles. The molecule has 0 bridgehead atoms. The Balaban J connectivity index is 2.85. The van der Waals surface area contributed by atoms with Gasteiger partial charge in [0.05, 0.1) is 21.4 Å². The van der Waals surface area contributed by atoms with Crippen molar-refractivity contribution in [3.8, 4) is 11.1 Å². The molecule has 1 heterocycles. The van der Waals surface area contributed by atoms with Gasteiger partial charge in [-0.05, 0) is 23.6 Å². The van der Waals surface area contributed by atoms with Crippen LogP contribution < -0.4 is 0 Å². The van der Waals surface area contributed by atoms with Crippen molar-refractivity contribution in [2.75, 3.05) is 0 Å². The number of nitrogens with zero attached hydrogens (tertiary/aromatic N) is 1. The summed E-state index contributed by atoms with van der Waals surface area (Å²) in [4.78, 5) is 0. The topological polar surface area (TPSA) is 44.0 Å². The monoisotopic (exact) mass is 209 g/mol. The molecule has 0 aliphatic rings. The quantitative estimate of drug-likeness (QED) is 0.725. The third-order valence-corrected chi connectivity index (χ3v) is 3.08. The van der Waals surface area contributed by atoms with Crippen LogP contribution in [0.2, 0.25) is 5.02 Å². The molecule has 1 N–H and O–H groups in total. The number of hydrogen-bond acceptors (Lipinski definition) is 3. The van der Waals surface area contributed by atoms with E-state index in [1.54, 1.807) is 18.2 Å². The molecule has 0 saturated heterocycles. The van der Waals surface area contributed by atoms with E-state index in [9.17, 15) is 5.11 Å². The van der Waals surface area contributed by atoms with E-state index in [2.05, 4.69) is 0 Å². The molecule has 2 aromatic rings. The van der Waals surface area contributed by atoms with Crippen molar-refractivity contribution in [1.29, 1.82) is 5.26 Å². The maximum Gasteiger partial charge on any atom is 0.172 e. The average molecular weight is 210 g/mol. The molecule has 13 heavy (non-hydrogen) atoms. The molecule has 1 aromatic carbocycles. The number of halogens is 1. The van der Waals surface area contributed by atoms with E-state index in [1.807, 2.05) is 6.07 Å². The van der Waals surface area contributed by atoms with Crippen LogP contribution in [0.25, 0.3) is 10.1 Å². The predicted octanol–water partition coefficient (Wildman–Crippen LogP) is 3.13. The zero-order chi connectivity index (χ0) is 9.42. The van der Waals surface area contributed by atoms with E-state index in [4.69, 9.17) is 16.9 Å². The molecular formula is C9H4ClNOS. The van der Waals surface area contributed by atoms with Crippen LogP contribution >= 0.6 is 22.9 Å². The Morgan fingerprint density at radius 3 is 2.85 bits per heavy atom. The van der Waals surface area contributed by atoms with Gasteiger partial charge < -0.3 is 5.11 Å². The van der Waals surface area contributed by atoms with Gasteiger partial charge in [-0.15, -0.1) is 0 Å². The molecule has 0 spiro atoms. The maximum atomic E-state index is 9.22. The maximum absolute atomic E-state index is 9.22. The minimum Gasteiger partial charge on any atom is -0.499 e. The summed E-state index contributed by atoms with van der Waals surface area (Å²) >= 11 is 7.11. The Kier molecular flexibility index (Phi) is 1.87. The lowest BCUT2D eigenvalue weighted by Gasteiger charge is -1.93. The second-order valence-electron chi connectivity index (χ2n) is 2.57. The van der Waals surface area contributed by atoms with Gasteiger partial charge in [0, 0.05) is 0 Å². The van der Waals surface area contributed by atoms with Gasteiger partial charge >= 0.3 is 0 Å². The smallest absolute Gasteiger partial charge is 0.172 e. The van der Waals surface area contributed by atoms with Crippen LogP contribution in [0.3, 0.4) is 0 Å². The van der Waals surface area contributed by atoms with Gasteiger partial charge in [0.1, 0.15) is 0 Å². The van der Waals surface area contributed by atoms with Gasteiger partial charge in [-0.2, -0.15) is 5.26 Å². The summed E-state index contributed by atoms with van der Waals surface area (Å²) in [5.74, 6) is 0. The number of hydrogen-bond donors (Lipinski definition) is 1. The summed E-state index contributed by atoms with van der Waals surface area (Å²) in [6.45, 7) is 0. The molecule has 0 atom stereocenters. The highest BCUT2D eigenvalue weighted by molar-refractivity contribution is 7.21. The fourth-order valence-corrected chi connectivity index (χ4v) is 2.29. The van der Waals surface area contributed by atoms with Crippen LogP contribution in [0, 0.1) is 11.3 Å². The van der Waals surface area contributed by atoms with Crippen LogP contribution in [0.5, 0.6) is 5.06 Å². The van der Waals surface area contributed by atoms with E-state index >= 15 is 0 Å². The van der Waals surface area contributed by atoms with Crippen molar-refractivity contribution in [3.63, 3.8) is 0 Å². The van der Waals surface area contributed by atoms with Gasteiger partial charge in [-0.3, -0.25) is 0 Å². The summed E-state index contributed by atoms with van der Waals surface area (Å²) in [6, 6.07) is 6.91. The molecule has 4 heteroatoms. The highest BCUT2D eigenvalue weighted by atomic mass is 35.5. The third kappa shape index (κ3) is 1.35. The van der Waals surface area contributed by atoms with E-state index in [0.29, 0.717) is 10.6 Å². The van der Waals surface area contributed by atoms with Gasteiger partial charge in [0.2, 0.25) is 0 Å². The third-order valence-electron chi connectivity index (χ3n) is 1.69. The zero-order valence-electron chi connectivity index (χ0n) is 6.41. The van der Waals surface area contributed by atoms with Crippen molar-refractivity contribution in [2.24, 2.45) is 0 Å². The molecule has 0 fully saturated rings. The first-order chi connectivity index (χ1) is 6.20. The molecular weight excluding hydrogens is 206 g/mol. The van der Waals surface area contributed by atoms with Crippen LogP contribution in [-0.4, -0.2) is 5.11 Å². The van der Waals surface area contributed by atoms with Crippen LogP contribution in [0.4, 0.5) is 0 Å². The summed E-state index contributed by atoms with van der Waals surface area (Å²) in [7, 11) is 0. The molecule has 2 rings (SSSR count). The molecule has 0 radical (unpaired) electrons. The minimum absolute atomic E-state index is 0.215. The molecule has 64 valence electrons.